The third kappa shape index (κ3) is 6.44. The predicted molar refractivity (Wildman–Crippen MR) is 135 cm³/mol. The van der Waals surface area contributed by atoms with Gasteiger partial charge in [0, 0.05) is 29.3 Å². The van der Waals surface area contributed by atoms with E-state index in [1.165, 1.54) is 36.8 Å². The summed E-state index contributed by atoms with van der Waals surface area (Å²) in [7, 11) is -4.14. The third-order valence-corrected chi connectivity index (χ3v) is 8.05. The summed E-state index contributed by atoms with van der Waals surface area (Å²) in [5.74, 6) is -1.59. The Labute approximate surface area is 225 Å². The topological polar surface area (TPSA) is 165 Å². The number of benzene rings is 1. The van der Waals surface area contributed by atoms with Crippen LogP contribution in [0.2, 0.25) is 9.36 Å². The van der Waals surface area contributed by atoms with E-state index >= 15 is 0 Å². The lowest BCUT2D eigenvalue weighted by Gasteiger charge is -2.15. The van der Waals surface area contributed by atoms with E-state index in [0.717, 1.165) is 11.3 Å². The number of nitrogens with zero attached hydrogens (tertiary/aromatic N) is 2. The van der Waals surface area contributed by atoms with Crippen molar-refractivity contribution in [2.45, 2.75) is 31.1 Å². The van der Waals surface area contributed by atoms with Crippen LogP contribution in [0.3, 0.4) is 0 Å². The van der Waals surface area contributed by atoms with Crippen molar-refractivity contribution >= 4 is 56.4 Å². The average molecular weight is 591 g/mol. The first-order valence-electron chi connectivity index (χ1n) is 10.8. The number of aromatic nitrogens is 2. The van der Waals surface area contributed by atoms with E-state index < -0.39 is 40.0 Å². The van der Waals surface area contributed by atoms with Gasteiger partial charge in [0.05, 0.1) is 32.5 Å². The van der Waals surface area contributed by atoms with Crippen molar-refractivity contribution in [3.8, 4) is 0 Å². The molecule has 1 aliphatic rings. The van der Waals surface area contributed by atoms with E-state index in [1.807, 2.05) is 0 Å². The van der Waals surface area contributed by atoms with E-state index in [1.54, 1.807) is 0 Å². The molecule has 3 aromatic rings. The minimum Gasteiger partial charge on any atom is -0.393 e. The second-order valence-corrected chi connectivity index (χ2v) is 11.7. The van der Waals surface area contributed by atoms with Gasteiger partial charge >= 0.3 is 10.3 Å². The quantitative estimate of drug-likeness (QED) is 0.274. The van der Waals surface area contributed by atoms with Crippen molar-refractivity contribution in [2.75, 3.05) is 11.9 Å². The maximum absolute atomic E-state index is 14.4. The lowest BCUT2D eigenvalue weighted by molar-refractivity contribution is 0.101. The molecule has 1 aromatic carbocycles. The molecule has 5 N–H and O–H groups in total. The van der Waals surface area contributed by atoms with Crippen molar-refractivity contribution in [1.29, 1.82) is 0 Å². The SMILES string of the molecule is NS(=O)(=O)OC[C@H]1C[C@@H](Nc2ncncc2C(=O)c2cc([C@H](O)c3cccc(Cl)c3F)c(Cl)s2)C[C@@H]1O. The van der Waals surface area contributed by atoms with Crippen molar-refractivity contribution in [3.63, 3.8) is 0 Å². The van der Waals surface area contributed by atoms with Gasteiger partial charge in [-0.15, -0.1) is 11.3 Å². The highest BCUT2D eigenvalue weighted by Crippen LogP contribution is 2.38. The van der Waals surface area contributed by atoms with Crippen LogP contribution in [0, 0.1) is 11.7 Å². The first kappa shape index (κ1) is 27.8. The molecule has 1 saturated carbocycles. The lowest BCUT2D eigenvalue weighted by atomic mass is 10.0. The molecule has 0 amide bonds. The Bertz CT molecular complexity index is 1420. The van der Waals surface area contributed by atoms with Crippen molar-refractivity contribution in [2.24, 2.45) is 11.1 Å². The molecule has 0 radical (unpaired) electrons. The molecule has 0 spiro atoms. The average Bonchev–Trinajstić information content (AvgIpc) is 3.40. The molecule has 0 saturated heterocycles. The Morgan fingerprint density at radius 3 is 2.81 bits per heavy atom. The Morgan fingerprint density at radius 2 is 2.08 bits per heavy atom. The minimum atomic E-state index is -4.14. The maximum atomic E-state index is 14.4. The number of hydrogen-bond donors (Lipinski definition) is 4. The highest BCUT2D eigenvalue weighted by atomic mass is 35.5. The molecule has 4 atom stereocenters. The summed E-state index contributed by atoms with van der Waals surface area (Å²) in [6.45, 7) is -0.278. The highest BCUT2D eigenvalue weighted by Gasteiger charge is 2.35. The van der Waals surface area contributed by atoms with E-state index in [9.17, 15) is 27.8 Å². The molecule has 37 heavy (non-hydrogen) atoms. The molecular formula is C22H21Cl2FN4O6S2. The lowest BCUT2D eigenvalue weighted by Crippen LogP contribution is -2.24. The van der Waals surface area contributed by atoms with Gasteiger partial charge in [0.2, 0.25) is 5.78 Å². The Morgan fingerprint density at radius 1 is 1.32 bits per heavy atom. The fraction of sp³-hybridized carbons (Fsp3) is 0.318. The highest BCUT2D eigenvalue weighted by molar-refractivity contribution is 7.84. The molecule has 15 heteroatoms. The van der Waals surface area contributed by atoms with Crippen LogP contribution in [0.1, 0.15) is 45.3 Å². The number of ketones is 1. The molecular weight excluding hydrogens is 570 g/mol. The summed E-state index contributed by atoms with van der Waals surface area (Å²) in [5.41, 5.74) is 0.158. The van der Waals surface area contributed by atoms with Crippen molar-refractivity contribution < 1.29 is 32.0 Å². The van der Waals surface area contributed by atoms with Gasteiger partial charge in [-0.05, 0) is 25.0 Å². The number of halogens is 3. The molecule has 2 aromatic heterocycles. The zero-order valence-corrected chi connectivity index (χ0v) is 22.0. The van der Waals surface area contributed by atoms with E-state index in [-0.39, 0.29) is 55.8 Å². The molecule has 0 bridgehead atoms. The normalized spacial score (nSPS) is 20.6. The summed E-state index contributed by atoms with van der Waals surface area (Å²) in [6, 6.07) is 5.23. The number of aliphatic hydroxyl groups excluding tert-OH is 2. The number of nitrogens with two attached hydrogens (primary N) is 1. The van der Waals surface area contributed by atoms with Gasteiger partial charge in [-0.1, -0.05) is 35.3 Å². The first-order valence-corrected chi connectivity index (χ1v) is 13.9. The summed E-state index contributed by atoms with van der Waals surface area (Å²) < 4.78 is 41.2. The van der Waals surface area contributed by atoms with Gasteiger partial charge in [-0.25, -0.2) is 19.5 Å². The van der Waals surface area contributed by atoms with Crippen LogP contribution in [-0.4, -0.2) is 53.1 Å². The molecule has 1 aliphatic carbocycles. The predicted octanol–water partition coefficient (Wildman–Crippen LogP) is 3.07. The number of carbonyl (C=O) groups excluding carboxylic acids is 1. The Kier molecular flexibility index (Phi) is 8.45. The van der Waals surface area contributed by atoms with Crippen LogP contribution in [0.15, 0.2) is 36.8 Å². The third-order valence-electron chi connectivity index (χ3n) is 5.91. The largest absolute Gasteiger partial charge is 0.393 e. The zero-order chi connectivity index (χ0) is 26.9. The number of thiophene rings is 1. The standard InChI is InChI=1S/C22H21Cl2FN4O6S2/c23-15-3-1-2-12(18(15)25)19(31)13-6-17(36-21(13)24)20(32)14-7-27-9-28-22(14)29-11-4-10(16(30)5-11)8-35-37(26,33)34/h1-3,6-7,9-11,16,19,30-31H,4-5,8H2,(H2,26,33,34)(H,27,28,29)/t10-,11-,16+,19-/m1/s1. The monoisotopic (exact) mass is 590 g/mol. The number of rotatable bonds is 9. The van der Waals surface area contributed by atoms with E-state index in [0.29, 0.717) is 6.42 Å². The second kappa shape index (κ2) is 11.3. The molecule has 4 rings (SSSR count). The second-order valence-electron chi connectivity index (χ2n) is 8.42. The molecule has 0 unspecified atom stereocenters. The van der Waals surface area contributed by atoms with Gasteiger partial charge in [0.15, 0.2) is 0 Å². The Balaban J connectivity index is 1.53. The number of anilines is 1. The van der Waals surface area contributed by atoms with Crippen LogP contribution >= 0.6 is 34.5 Å². The van der Waals surface area contributed by atoms with E-state index in [4.69, 9.17) is 28.3 Å². The van der Waals surface area contributed by atoms with Gasteiger partial charge in [-0.3, -0.25) is 8.98 Å². The van der Waals surface area contributed by atoms with Gasteiger partial charge < -0.3 is 15.5 Å². The summed E-state index contributed by atoms with van der Waals surface area (Å²) >= 11 is 13.0. The fourth-order valence-electron chi connectivity index (χ4n) is 4.10. The van der Waals surface area contributed by atoms with Crippen molar-refractivity contribution in [1.82, 2.24) is 9.97 Å². The van der Waals surface area contributed by atoms with Crippen LogP contribution < -0.4 is 10.5 Å². The van der Waals surface area contributed by atoms with Crippen LogP contribution in [0.4, 0.5) is 10.2 Å². The molecule has 0 aliphatic heterocycles. The number of aliphatic hydroxyl groups is 2. The molecule has 2 heterocycles. The number of carbonyl (C=O) groups is 1. The first-order chi connectivity index (χ1) is 17.4. The molecule has 1 fully saturated rings. The van der Waals surface area contributed by atoms with Crippen LogP contribution in [-0.2, 0) is 14.5 Å². The maximum Gasteiger partial charge on any atom is 0.333 e. The smallest absolute Gasteiger partial charge is 0.333 e. The van der Waals surface area contributed by atoms with E-state index in [2.05, 4.69) is 19.5 Å². The van der Waals surface area contributed by atoms with Gasteiger partial charge in [0.25, 0.3) is 0 Å². The molecule has 10 nitrogen and oxygen atoms in total. The van der Waals surface area contributed by atoms with Gasteiger partial charge in [0.1, 0.15) is 24.1 Å². The summed E-state index contributed by atoms with van der Waals surface area (Å²) in [5, 5.41) is 28.8. The minimum absolute atomic E-state index is 0.0858. The molecule has 198 valence electrons. The fourth-order valence-corrected chi connectivity index (χ4v) is 5.92. The van der Waals surface area contributed by atoms with Crippen LogP contribution in [0.25, 0.3) is 0 Å². The Hall–Kier alpha value is -2.23. The number of hydrogen-bond acceptors (Lipinski definition) is 10. The van der Waals surface area contributed by atoms with Gasteiger partial charge in [-0.2, -0.15) is 8.42 Å². The number of nitrogens with one attached hydrogen (secondary N) is 1. The summed E-state index contributed by atoms with van der Waals surface area (Å²) in [6.07, 6.45) is 0.830. The van der Waals surface area contributed by atoms with Crippen molar-refractivity contribution in [3.05, 3.63) is 73.5 Å². The van der Waals surface area contributed by atoms with Crippen LogP contribution in [0.5, 0.6) is 0 Å². The summed E-state index contributed by atoms with van der Waals surface area (Å²) in [4.78, 5) is 21.6. The zero-order valence-electron chi connectivity index (χ0n) is 18.8.